The zero-order valence-electron chi connectivity index (χ0n) is 9.61. The van der Waals surface area contributed by atoms with Crippen LogP contribution in [0.15, 0.2) is 24.3 Å². The molecule has 0 bridgehead atoms. The first kappa shape index (κ1) is 13.9. The highest BCUT2D eigenvalue weighted by atomic mass is 16.4. The van der Waals surface area contributed by atoms with Crippen LogP contribution < -0.4 is 0 Å². The number of carboxylic acids is 1. The fourth-order valence-corrected chi connectivity index (χ4v) is 1.29. The lowest BCUT2D eigenvalue weighted by atomic mass is 10.1. The first-order chi connectivity index (χ1) is 7.27. The molecule has 0 fully saturated rings. The van der Waals surface area contributed by atoms with Crippen molar-refractivity contribution < 1.29 is 9.90 Å². The molecule has 0 rings (SSSR count). The summed E-state index contributed by atoms with van der Waals surface area (Å²) in [6.07, 6.45) is 15.2. The molecular formula is C13H22O2. The number of unbranched alkanes of at least 4 members (excludes halogenated alkanes) is 5. The minimum absolute atomic E-state index is 0.112. The maximum Gasteiger partial charge on any atom is 0.307 e. The van der Waals surface area contributed by atoms with E-state index < -0.39 is 5.97 Å². The molecule has 0 amide bonds. The van der Waals surface area contributed by atoms with Crippen molar-refractivity contribution in [3.63, 3.8) is 0 Å². The number of allylic oxidation sites excluding steroid dienone is 3. The molecule has 86 valence electrons. The normalized spacial score (nSPS) is 11.5. The van der Waals surface area contributed by atoms with Crippen molar-refractivity contribution in [2.24, 2.45) is 0 Å². The fourth-order valence-electron chi connectivity index (χ4n) is 1.29. The summed E-state index contributed by atoms with van der Waals surface area (Å²) in [5, 5.41) is 8.36. The van der Waals surface area contributed by atoms with Crippen molar-refractivity contribution in [1.29, 1.82) is 0 Å². The van der Waals surface area contributed by atoms with Crippen LogP contribution in [0.5, 0.6) is 0 Å². The Morgan fingerprint density at radius 3 is 2.40 bits per heavy atom. The molecule has 0 heterocycles. The van der Waals surface area contributed by atoms with Gasteiger partial charge >= 0.3 is 5.97 Å². The molecular weight excluding hydrogens is 188 g/mol. The minimum atomic E-state index is -0.779. The van der Waals surface area contributed by atoms with Gasteiger partial charge in [-0.15, -0.1) is 0 Å². The van der Waals surface area contributed by atoms with E-state index in [2.05, 4.69) is 13.0 Å². The lowest BCUT2D eigenvalue weighted by Gasteiger charge is -1.95. The van der Waals surface area contributed by atoms with E-state index in [0.29, 0.717) is 0 Å². The van der Waals surface area contributed by atoms with Gasteiger partial charge in [0.25, 0.3) is 0 Å². The second kappa shape index (κ2) is 11.0. The van der Waals surface area contributed by atoms with Gasteiger partial charge in [0.2, 0.25) is 0 Å². The second-order valence-corrected chi connectivity index (χ2v) is 3.66. The Labute approximate surface area is 92.7 Å². The van der Waals surface area contributed by atoms with Crippen LogP contribution in [0.3, 0.4) is 0 Å². The monoisotopic (exact) mass is 210 g/mol. The van der Waals surface area contributed by atoms with Gasteiger partial charge in [-0.25, -0.2) is 0 Å². The van der Waals surface area contributed by atoms with Gasteiger partial charge in [0, 0.05) is 0 Å². The van der Waals surface area contributed by atoms with Gasteiger partial charge in [0.05, 0.1) is 6.42 Å². The maximum absolute atomic E-state index is 10.2. The van der Waals surface area contributed by atoms with Gasteiger partial charge in [0.15, 0.2) is 0 Å². The average Bonchev–Trinajstić information content (AvgIpc) is 2.20. The lowest BCUT2D eigenvalue weighted by molar-refractivity contribution is -0.135. The standard InChI is InChI=1S/C13H22O2/c1-2-3-4-5-6-7-8-9-10-11-12-13(14)15/h8-11H,2-7,12H2,1H3,(H,14,15)/b9-8+,11-10-. The SMILES string of the molecule is CCCCCCC/C=C/C=C\CC(=O)O. The van der Waals surface area contributed by atoms with E-state index in [1.165, 1.54) is 32.1 Å². The van der Waals surface area contributed by atoms with Crippen molar-refractivity contribution in [2.75, 3.05) is 0 Å². The molecule has 0 aromatic heterocycles. The first-order valence-corrected chi connectivity index (χ1v) is 5.80. The Bertz CT molecular complexity index is 205. The number of rotatable bonds is 9. The van der Waals surface area contributed by atoms with Gasteiger partial charge in [0.1, 0.15) is 0 Å². The van der Waals surface area contributed by atoms with Crippen LogP contribution in [0.25, 0.3) is 0 Å². The first-order valence-electron chi connectivity index (χ1n) is 5.80. The molecule has 0 aromatic carbocycles. The summed E-state index contributed by atoms with van der Waals surface area (Å²) < 4.78 is 0. The highest BCUT2D eigenvalue weighted by Crippen LogP contribution is 2.05. The molecule has 0 saturated heterocycles. The van der Waals surface area contributed by atoms with E-state index in [4.69, 9.17) is 5.11 Å². The molecule has 1 N–H and O–H groups in total. The Hall–Kier alpha value is -1.05. The molecule has 0 aliphatic heterocycles. The summed E-state index contributed by atoms with van der Waals surface area (Å²) in [5.41, 5.74) is 0. The number of aliphatic carboxylic acids is 1. The third-order valence-electron chi connectivity index (χ3n) is 2.15. The van der Waals surface area contributed by atoms with Crippen molar-refractivity contribution in [2.45, 2.75) is 51.9 Å². The summed E-state index contributed by atoms with van der Waals surface area (Å²) in [6.45, 7) is 2.22. The van der Waals surface area contributed by atoms with Crippen molar-refractivity contribution in [3.05, 3.63) is 24.3 Å². The van der Waals surface area contributed by atoms with E-state index in [1.54, 1.807) is 12.2 Å². The topological polar surface area (TPSA) is 37.3 Å². The van der Waals surface area contributed by atoms with Crippen LogP contribution in [0.4, 0.5) is 0 Å². The van der Waals surface area contributed by atoms with Crippen LogP contribution in [-0.2, 0) is 4.79 Å². The second-order valence-electron chi connectivity index (χ2n) is 3.66. The third-order valence-corrected chi connectivity index (χ3v) is 2.15. The third kappa shape index (κ3) is 12.9. The molecule has 0 spiro atoms. The summed E-state index contributed by atoms with van der Waals surface area (Å²) in [4.78, 5) is 10.2. The lowest BCUT2D eigenvalue weighted by Crippen LogP contribution is -1.89. The van der Waals surface area contributed by atoms with Crippen molar-refractivity contribution in [3.8, 4) is 0 Å². The number of hydrogen-bond donors (Lipinski definition) is 1. The molecule has 0 unspecified atom stereocenters. The molecule has 15 heavy (non-hydrogen) atoms. The van der Waals surface area contributed by atoms with Gasteiger partial charge < -0.3 is 5.11 Å². The zero-order valence-corrected chi connectivity index (χ0v) is 9.61. The van der Waals surface area contributed by atoms with E-state index >= 15 is 0 Å². The van der Waals surface area contributed by atoms with Crippen LogP contribution in [0.2, 0.25) is 0 Å². The zero-order chi connectivity index (χ0) is 11.4. The van der Waals surface area contributed by atoms with Gasteiger partial charge in [-0.1, -0.05) is 56.9 Å². The smallest absolute Gasteiger partial charge is 0.307 e. The molecule has 0 aliphatic rings. The molecule has 0 radical (unpaired) electrons. The molecule has 2 nitrogen and oxygen atoms in total. The highest BCUT2D eigenvalue weighted by molar-refractivity contribution is 5.68. The fraction of sp³-hybridized carbons (Fsp3) is 0.615. The summed E-state index contributed by atoms with van der Waals surface area (Å²) in [7, 11) is 0. The number of carboxylic acid groups (broad SMARTS) is 1. The summed E-state index contributed by atoms with van der Waals surface area (Å²) in [5.74, 6) is -0.779. The molecule has 0 aromatic rings. The van der Waals surface area contributed by atoms with Crippen LogP contribution in [0, 0.1) is 0 Å². The molecule has 2 heteroatoms. The van der Waals surface area contributed by atoms with E-state index in [1.807, 2.05) is 6.08 Å². The van der Waals surface area contributed by atoms with Crippen LogP contribution in [-0.4, -0.2) is 11.1 Å². The predicted molar refractivity (Wildman–Crippen MR) is 63.9 cm³/mol. The minimum Gasteiger partial charge on any atom is -0.481 e. The molecule has 0 saturated carbocycles. The van der Waals surface area contributed by atoms with Crippen LogP contribution in [0.1, 0.15) is 51.9 Å². The Morgan fingerprint density at radius 1 is 1.07 bits per heavy atom. The quantitative estimate of drug-likeness (QED) is 0.462. The van der Waals surface area contributed by atoms with Crippen LogP contribution >= 0.6 is 0 Å². The average molecular weight is 210 g/mol. The van der Waals surface area contributed by atoms with Crippen molar-refractivity contribution in [1.82, 2.24) is 0 Å². The molecule has 0 aliphatic carbocycles. The van der Waals surface area contributed by atoms with Crippen molar-refractivity contribution >= 4 is 5.97 Å². The van der Waals surface area contributed by atoms with Gasteiger partial charge in [-0.3, -0.25) is 4.79 Å². The van der Waals surface area contributed by atoms with Gasteiger partial charge in [-0.2, -0.15) is 0 Å². The van der Waals surface area contributed by atoms with E-state index in [0.717, 1.165) is 6.42 Å². The van der Waals surface area contributed by atoms with Gasteiger partial charge in [-0.05, 0) is 12.8 Å². The number of hydrogen-bond acceptors (Lipinski definition) is 1. The highest BCUT2D eigenvalue weighted by Gasteiger charge is 1.87. The maximum atomic E-state index is 10.2. The largest absolute Gasteiger partial charge is 0.481 e. The summed E-state index contributed by atoms with van der Waals surface area (Å²) in [6, 6.07) is 0. The Morgan fingerprint density at radius 2 is 1.73 bits per heavy atom. The van der Waals surface area contributed by atoms with E-state index in [-0.39, 0.29) is 6.42 Å². The summed E-state index contributed by atoms with van der Waals surface area (Å²) >= 11 is 0. The van der Waals surface area contributed by atoms with E-state index in [9.17, 15) is 4.79 Å². The number of carbonyl (C=O) groups is 1. The Balaban J connectivity index is 3.23. The predicted octanol–water partition coefficient (Wildman–Crippen LogP) is 3.93. The molecule has 0 atom stereocenters. The Kier molecular flexibility index (Phi) is 10.3.